The van der Waals surface area contributed by atoms with Gasteiger partial charge in [0.25, 0.3) is 0 Å². The lowest BCUT2D eigenvalue weighted by Gasteiger charge is -2.09. The van der Waals surface area contributed by atoms with Crippen molar-refractivity contribution in [3.05, 3.63) is 65.0 Å². The van der Waals surface area contributed by atoms with Gasteiger partial charge in [-0.25, -0.2) is 18.4 Å². The van der Waals surface area contributed by atoms with Crippen molar-refractivity contribution in [1.29, 1.82) is 0 Å². The number of aryl methyl sites for hydroxylation is 2. The molecule has 7 nitrogen and oxygen atoms in total. The van der Waals surface area contributed by atoms with E-state index in [2.05, 4.69) is 6.58 Å². The summed E-state index contributed by atoms with van der Waals surface area (Å²) in [6, 6.07) is 5.65. The summed E-state index contributed by atoms with van der Waals surface area (Å²) < 4.78 is 30.0. The number of nitrogens with zero attached hydrogens (tertiary/aromatic N) is 1. The molecule has 2 aromatic rings. The van der Waals surface area contributed by atoms with Crippen LogP contribution >= 0.6 is 0 Å². The number of aromatic nitrogens is 1. The minimum atomic E-state index is -3.95. The van der Waals surface area contributed by atoms with Gasteiger partial charge in [0.15, 0.2) is 6.61 Å². The maximum Gasteiger partial charge on any atom is 0.338 e. The van der Waals surface area contributed by atoms with Crippen LogP contribution in [0.15, 0.2) is 41.8 Å². The maximum absolute atomic E-state index is 12.4. The van der Waals surface area contributed by atoms with Crippen molar-refractivity contribution in [2.75, 3.05) is 6.61 Å². The lowest BCUT2D eigenvalue weighted by molar-refractivity contribution is 0.0473. The minimum absolute atomic E-state index is 0.0476. The molecule has 1 aromatic carbocycles. The predicted octanol–water partition coefficient (Wildman–Crippen LogP) is 2.29. The van der Waals surface area contributed by atoms with E-state index in [0.717, 1.165) is 17.5 Å². The van der Waals surface area contributed by atoms with E-state index in [1.54, 1.807) is 19.1 Å². The van der Waals surface area contributed by atoms with Crippen LogP contribution in [0.2, 0.25) is 0 Å². The van der Waals surface area contributed by atoms with Gasteiger partial charge in [-0.3, -0.25) is 4.79 Å². The van der Waals surface area contributed by atoms with Crippen molar-refractivity contribution in [3.63, 3.8) is 0 Å². The Morgan fingerprint density at radius 1 is 1.19 bits per heavy atom. The number of carbonyl (C=O) groups excluding carboxylic acids is 2. The number of primary sulfonamides is 1. The number of hydrogen-bond donors (Lipinski definition) is 1. The van der Waals surface area contributed by atoms with Crippen LogP contribution in [0.4, 0.5) is 0 Å². The summed E-state index contributed by atoms with van der Waals surface area (Å²) in [5.41, 5.74) is 2.70. The molecule has 8 heteroatoms. The lowest BCUT2D eigenvalue weighted by atomic mass is 10.1. The molecule has 0 bridgehead atoms. The molecule has 0 radical (unpaired) electrons. The highest BCUT2D eigenvalue weighted by Crippen LogP contribution is 2.18. The number of hydrogen-bond acceptors (Lipinski definition) is 5. The van der Waals surface area contributed by atoms with Gasteiger partial charge in [0.2, 0.25) is 15.8 Å². The van der Waals surface area contributed by atoms with E-state index in [0.29, 0.717) is 17.7 Å². The molecule has 0 saturated carbocycles. The Labute approximate surface area is 158 Å². The zero-order chi connectivity index (χ0) is 20.4. The average Bonchev–Trinajstić information content (AvgIpc) is 2.87. The number of sulfonamides is 1. The first kappa shape index (κ1) is 20.6. The number of rotatable bonds is 7. The van der Waals surface area contributed by atoms with Crippen LogP contribution in [0.1, 0.15) is 37.7 Å². The summed E-state index contributed by atoms with van der Waals surface area (Å²) in [7, 11) is -3.95. The van der Waals surface area contributed by atoms with Gasteiger partial charge in [0.05, 0.1) is 10.5 Å². The Morgan fingerprint density at radius 2 is 1.85 bits per heavy atom. The number of ether oxygens (including phenoxy) is 1. The van der Waals surface area contributed by atoms with Crippen molar-refractivity contribution in [2.45, 2.75) is 32.2 Å². The van der Waals surface area contributed by atoms with Crippen LogP contribution in [0, 0.1) is 20.8 Å². The first-order valence-electron chi connectivity index (χ1n) is 8.17. The van der Waals surface area contributed by atoms with Gasteiger partial charge in [-0.15, -0.1) is 6.58 Å². The van der Waals surface area contributed by atoms with Gasteiger partial charge >= 0.3 is 5.97 Å². The van der Waals surface area contributed by atoms with Crippen molar-refractivity contribution in [2.24, 2.45) is 5.14 Å². The number of ketones is 1. The molecular formula is C19H22N2O5S. The minimum Gasteiger partial charge on any atom is -0.454 e. The summed E-state index contributed by atoms with van der Waals surface area (Å²) in [5, 5.41) is 5.09. The molecule has 27 heavy (non-hydrogen) atoms. The number of Topliss-reactive ketones (excluding diaryl/α,β-unsaturated/α-hetero) is 1. The summed E-state index contributed by atoms with van der Waals surface area (Å²) in [4.78, 5) is 24.6. The monoisotopic (exact) mass is 390 g/mol. The highest BCUT2D eigenvalue weighted by Gasteiger charge is 2.19. The van der Waals surface area contributed by atoms with Gasteiger partial charge in [-0.05, 0) is 44.5 Å². The SMILES string of the molecule is C=CCn1c(C)cc(C(=O)COC(=O)c2cc(S(N)(=O)=O)ccc2C)c1C. The molecule has 0 spiro atoms. The molecule has 0 aliphatic rings. The van der Waals surface area contributed by atoms with E-state index >= 15 is 0 Å². The van der Waals surface area contributed by atoms with Crippen molar-refractivity contribution in [3.8, 4) is 0 Å². The number of carbonyl (C=O) groups is 2. The fraction of sp³-hybridized carbons (Fsp3) is 0.263. The zero-order valence-electron chi connectivity index (χ0n) is 15.5. The third-order valence-electron chi connectivity index (χ3n) is 4.28. The standard InChI is InChI=1S/C19H22N2O5S/c1-5-8-21-13(3)9-17(14(21)4)18(22)11-26-19(23)16-10-15(27(20,24)25)7-6-12(16)2/h5-7,9-10H,1,8,11H2,2-4H3,(H2,20,24,25). The Balaban J connectivity index is 2.18. The zero-order valence-corrected chi connectivity index (χ0v) is 16.3. The molecule has 0 amide bonds. The Hall–Kier alpha value is -2.71. The van der Waals surface area contributed by atoms with E-state index < -0.39 is 22.6 Å². The second-order valence-corrected chi connectivity index (χ2v) is 7.77. The van der Waals surface area contributed by atoms with Crippen LogP contribution in [0.3, 0.4) is 0 Å². The van der Waals surface area contributed by atoms with Crippen LogP contribution in [-0.2, 0) is 21.3 Å². The van der Waals surface area contributed by atoms with Crippen LogP contribution < -0.4 is 5.14 Å². The maximum atomic E-state index is 12.4. The summed E-state index contributed by atoms with van der Waals surface area (Å²) in [6.07, 6.45) is 1.73. The van der Waals surface area contributed by atoms with E-state index in [-0.39, 0.29) is 16.2 Å². The van der Waals surface area contributed by atoms with Crippen LogP contribution in [-0.4, -0.2) is 31.3 Å². The van der Waals surface area contributed by atoms with E-state index in [4.69, 9.17) is 9.88 Å². The van der Waals surface area contributed by atoms with Gasteiger partial charge in [-0.1, -0.05) is 12.1 Å². The normalized spacial score (nSPS) is 11.3. The number of nitrogens with two attached hydrogens (primary N) is 1. The Bertz CT molecular complexity index is 1020. The topological polar surface area (TPSA) is 108 Å². The lowest BCUT2D eigenvalue weighted by Crippen LogP contribution is -2.17. The average molecular weight is 390 g/mol. The summed E-state index contributed by atoms with van der Waals surface area (Å²) in [5.74, 6) is -1.13. The van der Waals surface area contributed by atoms with Gasteiger partial charge in [0.1, 0.15) is 0 Å². The van der Waals surface area contributed by atoms with E-state index in [1.807, 2.05) is 18.4 Å². The number of allylic oxidation sites excluding steroid dienone is 1. The summed E-state index contributed by atoms with van der Waals surface area (Å²) in [6.45, 7) is 9.14. The van der Waals surface area contributed by atoms with Crippen molar-refractivity contribution >= 4 is 21.8 Å². The fourth-order valence-corrected chi connectivity index (χ4v) is 3.32. The van der Waals surface area contributed by atoms with Gasteiger partial charge in [0, 0.05) is 23.5 Å². The molecule has 1 heterocycles. The Morgan fingerprint density at radius 3 is 2.44 bits per heavy atom. The van der Waals surface area contributed by atoms with Crippen LogP contribution in [0.5, 0.6) is 0 Å². The fourth-order valence-electron chi connectivity index (χ4n) is 2.78. The molecule has 1 aromatic heterocycles. The molecule has 2 N–H and O–H groups in total. The second kappa shape index (κ2) is 7.89. The number of esters is 1. The molecule has 144 valence electrons. The third-order valence-corrected chi connectivity index (χ3v) is 5.19. The van der Waals surface area contributed by atoms with Crippen LogP contribution in [0.25, 0.3) is 0 Å². The highest BCUT2D eigenvalue weighted by molar-refractivity contribution is 7.89. The first-order valence-corrected chi connectivity index (χ1v) is 9.72. The van der Waals surface area contributed by atoms with E-state index in [1.165, 1.54) is 12.1 Å². The van der Waals surface area contributed by atoms with E-state index in [9.17, 15) is 18.0 Å². The molecule has 0 unspecified atom stereocenters. The third kappa shape index (κ3) is 4.53. The Kier molecular flexibility index (Phi) is 6.02. The largest absolute Gasteiger partial charge is 0.454 e. The molecule has 0 fully saturated rings. The number of benzene rings is 1. The second-order valence-electron chi connectivity index (χ2n) is 6.21. The molecule has 0 atom stereocenters. The molecular weight excluding hydrogens is 368 g/mol. The van der Waals surface area contributed by atoms with Gasteiger partial charge in [-0.2, -0.15) is 0 Å². The molecule has 2 rings (SSSR count). The smallest absolute Gasteiger partial charge is 0.338 e. The van der Waals surface area contributed by atoms with Crippen molar-refractivity contribution in [1.82, 2.24) is 4.57 Å². The first-order chi connectivity index (χ1) is 12.6. The quantitative estimate of drug-likeness (QED) is 0.443. The summed E-state index contributed by atoms with van der Waals surface area (Å²) >= 11 is 0. The molecule has 0 saturated heterocycles. The predicted molar refractivity (Wildman–Crippen MR) is 101 cm³/mol. The highest BCUT2D eigenvalue weighted by atomic mass is 32.2. The molecule has 0 aliphatic carbocycles. The van der Waals surface area contributed by atoms with Gasteiger partial charge < -0.3 is 9.30 Å². The van der Waals surface area contributed by atoms with Crippen molar-refractivity contribution < 1.29 is 22.7 Å². The molecule has 0 aliphatic heterocycles.